The largest absolute Gasteiger partial charge is 0.364 e. The van der Waals surface area contributed by atoms with Crippen LogP contribution >= 0.6 is 11.8 Å². The van der Waals surface area contributed by atoms with Crippen molar-refractivity contribution in [3.8, 4) is 0 Å². The maximum atomic E-state index is 10.9. The Kier molecular flexibility index (Phi) is 5.14. The third-order valence-electron chi connectivity index (χ3n) is 3.75. The van der Waals surface area contributed by atoms with Gasteiger partial charge in [0.25, 0.3) is 0 Å². The predicted octanol–water partition coefficient (Wildman–Crippen LogP) is 1.18. The van der Waals surface area contributed by atoms with Crippen molar-refractivity contribution < 1.29 is 8.42 Å². The van der Waals surface area contributed by atoms with E-state index in [4.69, 9.17) is 0 Å². The number of hydrogen-bond donors (Lipinski definition) is 2. The van der Waals surface area contributed by atoms with Crippen LogP contribution in [-0.2, 0) is 10.0 Å². The van der Waals surface area contributed by atoms with Crippen LogP contribution in [0.4, 0.5) is 0 Å². The Morgan fingerprint density at radius 1 is 1.26 bits per heavy atom. The number of nitrogens with one attached hydrogen (secondary N) is 2. The summed E-state index contributed by atoms with van der Waals surface area (Å²) in [6.45, 7) is 1.93. The van der Waals surface area contributed by atoms with Crippen molar-refractivity contribution in [2.45, 2.75) is 32.1 Å². The van der Waals surface area contributed by atoms with E-state index in [9.17, 15) is 8.42 Å². The fourth-order valence-corrected chi connectivity index (χ4v) is 4.32. The zero-order chi connectivity index (χ0) is 13.8. The van der Waals surface area contributed by atoms with E-state index in [0.717, 1.165) is 17.5 Å². The second-order valence-electron chi connectivity index (χ2n) is 5.56. The lowest BCUT2D eigenvalue weighted by molar-refractivity contribution is 0.232. The van der Waals surface area contributed by atoms with E-state index in [2.05, 4.69) is 15.0 Å². The molecule has 0 saturated heterocycles. The molecule has 1 fully saturated rings. The van der Waals surface area contributed by atoms with E-state index < -0.39 is 10.0 Å². The highest BCUT2D eigenvalue weighted by molar-refractivity contribution is 8.13. The molecule has 2 rings (SSSR count). The molecule has 1 aliphatic heterocycles. The lowest BCUT2D eigenvalue weighted by Gasteiger charge is -2.38. The molecule has 0 bridgehead atoms. The standard InChI is InChI=1S/C12H23N3O2S2/c1-19(16,17)15-8-7-13-11-14-9-12(10-18-11)5-3-2-4-6-12/h15H,2-10H2,1H3,(H,13,14). The van der Waals surface area contributed by atoms with E-state index in [1.165, 1.54) is 38.4 Å². The van der Waals surface area contributed by atoms with Gasteiger partial charge in [-0.25, -0.2) is 13.1 Å². The molecule has 0 amide bonds. The highest BCUT2D eigenvalue weighted by atomic mass is 32.2. The van der Waals surface area contributed by atoms with Crippen LogP contribution in [0.25, 0.3) is 0 Å². The van der Waals surface area contributed by atoms with E-state index in [1.807, 2.05) is 0 Å². The van der Waals surface area contributed by atoms with E-state index >= 15 is 0 Å². The molecule has 19 heavy (non-hydrogen) atoms. The van der Waals surface area contributed by atoms with Gasteiger partial charge in [-0.05, 0) is 18.3 Å². The molecule has 7 heteroatoms. The van der Waals surface area contributed by atoms with Gasteiger partial charge in [-0.2, -0.15) is 0 Å². The van der Waals surface area contributed by atoms with Crippen molar-refractivity contribution in [1.29, 1.82) is 0 Å². The van der Waals surface area contributed by atoms with Crippen LogP contribution in [0.2, 0.25) is 0 Å². The molecule has 0 radical (unpaired) electrons. The molecular weight excluding hydrogens is 282 g/mol. The number of sulfonamides is 1. The van der Waals surface area contributed by atoms with Crippen LogP contribution in [-0.4, -0.2) is 45.2 Å². The average Bonchev–Trinajstić information content (AvgIpc) is 2.37. The second kappa shape index (κ2) is 6.45. The predicted molar refractivity (Wildman–Crippen MR) is 81.1 cm³/mol. The number of nitrogens with zero attached hydrogens (tertiary/aromatic N) is 1. The maximum absolute atomic E-state index is 10.9. The van der Waals surface area contributed by atoms with Crippen molar-refractivity contribution in [1.82, 2.24) is 10.0 Å². The fourth-order valence-electron chi connectivity index (χ4n) is 2.67. The lowest BCUT2D eigenvalue weighted by atomic mass is 9.75. The third kappa shape index (κ3) is 4.96. The number of aliphatic imine (C=N–C) groups is 1. The van der Waals surface area contributed by atoms with E-state index in [0.29, 0.717) is 18.5 Å². The fraction of sp³-hybridized carbons (Fsp3) is 0.917. The summed E-state index contributed by atoms with van der Waals surface area (Å²) >= 11 is 1.79. The molecule has 0 unspecified atom stereocenters. The molecule has 5 nitrogen and oxygen atoms in total. The summed E-state index contributed by atoms with van der Waals surface area (Å²) in [5.41, 5.74) is 0.444. The normalized spacial score (nSPS) is 23.1. The zero-order valence-electron chi connectivity index (χ0n) is 11.4. The molecule has 2 aliphatic rings. The monoisotopic (exact) mass is 305 g/mol. The molecule has 1 aliphatic carbocycles. The van der Waals surface area contributed by atoms with Gasteiger partial charge in [0, 0.05) is 25.4 Å². The second-order valence-corrected chi connectivity index (χ2v) is 8.36. The van der Waals surface area contributed by atoms with Crippen molar-refractivity contribution in [3.05, 3.63) is 0 Å². The topological polar surface area (TPSA) is 70.6 Å². The first-order valence-electron chi connectivity index (χ1n) is 6.85. The Bertz CT molecular complexity index is 428. The van der Waals surface area contributed by atoms with Gasteiger partial charge in [0.2, 0.25) is 10.0 Å². The molecule has 0 atom stereocenters. The first-order chi connectivity index (χ1) is 8.99. The molecule has 0 aromatic carbocycles. The number of rotatable bonds is 4. The highest BCUT2D eigenvalue weighted by Crippen LogP contribution is 2.41. The van der Waals surface area contributed by atoms with Gasteiger partial charge in [0.05, 0.1) is 6.26 Å². The van der Waals surface area contributed by atoms with Crippen LogP contribution in [0.15, 0.2) is 4.99 Å². The van der Waals surface area contributed by atoms with Crippen molar-refractivity contribution in [2.75, 3.05) is 31.6 Å². The SMILES string of the molecule is CS(=O)(=O)NCCNC1=NCC2(CCCCC2)CS1. The van der Waals surface area contributed by atoms with Gasteiger partial charge >= 0.3 is 0 Å². The number of thioether (sulfide) groups is 1. The highest BCUT2D eigenvalue weighted by Gasteiger charge is 2.34. The van der Waals surface area contributed by atoms with Crippen LogP contribution in [0.5, 0.6) is 0 Å². The van der Waals surface area contributed by atoms with Gasteiger partial charge in [-0.3, -0.25) is 4.99 Å². The van der Waals surface area contributed by atoms with Gasteiger partial charge in [-0.1, -0.05) is 31.0 Å². The van der Waals surface area contributed by atoms with Crippen molar-refractivity contribution in [2.24, 2.45) is 10.4 Å². The summed E-state index contributed by atoms with van der Waals surface area (Å²) in [6, 6.07) is 0. The Labute approximate surface area is 120 Å². The minimum atomic E-state index is -3.09. The Morgan fingerprint density at radius 2 is 2.00 bits per heavy atom. The molecule has 0 aromatic rings. The molecule has 1 spiro atoms. The first-order valence-corrected chi connectivity index (χ1v) is 9.73. The Balaban J connectivity index is 1.72. The van der Waals surface area contributed by atoms with Gasteiger partial charge in [-0.15, -0.1) is 0 Å². The number of amidine groups is 1. The smallest absolute Gasteiger partial charge is 0.208 e. The van der Waals surface area contributed by atoms with Gasteiger partial charge in [0.15, 0.2) is 5.17 Å². The van der Waals surface area contributed by atoms with Crippen LogP contribution in [0.3, 0.4) is 0 Å². The summed E-state index contributed by atoms with van der Waals surface area (Å²) < 4.78 is 24.3. The van der Waals surface area contributed by atoms with E-state index in [1.54, 1.807) is 11.8 Å². The lowest BCUT2D eigenvalue weighted by Crippen LogP contribution is -2.39. The third-order valence-corrected chi connectivity index (χ3v) is 5.78. The van der Waals surface area contributed by atoms with Crippen LogP contribution in [0, 0.1) is 5.41 Å². The summed E-state index contributed by atoms with van der Waals surface area (Å²) in [7, 11) is -3.09. The zero-order valence-corrected chi connectivity index (χ0v) is 13.1. The summed E-state index contributed by atoms with van der Waals surface area (Å²) in [5.74, 6) is 1.15. The average molecular weight is 305 g/mol. The minimum absolute atomic E-state index is 0.406. The quantitative estimate of drug-likeness (QED) is 0.765. The minimum Gasteiger partial charge on any atom is -0.364 e. The molecule has 0 aromatic heterocycles. The molecule has 1 heterocycles. The summed E-state index contributed by atoms with van der Waals surface area (Å²) in [4.78, 5) is 4.63. The maximum Gasteiger partial charge on any atom is 0.208 e. The van der Waals surface area contributed by atoms with Crippen LogP contribution in [0.1, 0.15) is 32.1 Å². The van der Waals surface area contributed by atoms with Crippen molar-refractivity contribution in [3.63, 3.8) is 0 Å². The van der Waals surface area contributed by atoms with Gasteiger partial charge in [0.1, 0.15) is 0 Å². The Morgan fingerprint density at radius 3 is 2.58 bits per heavy atom. The molecular formula is C12H23N3O2S2. The molecule has 110 valence electrons. The van der Waals surface area contributed by atoms with Crippen molar-refractivity contribution >= 4 is 27.0 Å². The number of hydrogen-bond acceptors (Lipinski definition) is 5. The van der Waals surface area contributed by atoms with Crippen LogP contribution < -0.4 is 10.0 Å². The first kappa shape index (κ1) is 15.1. The molecule has 2 N–H and O–H groups in total. The summed E-state index contributed by atoms with van der Waals surface area (Å²) in [5, 5.41) is 4.17. The Hall–Kier alpha value is -0.270. The van der Waals surface area contributed by atoms with E-state index in [-0.39, 0.29) is 0 Å². The molecule has 1 saturated carbocycles. The van der Waals surface area contributed by atoms with Gasteiger partial charge < -0.3 is 5.32 Å². The summed E-state index contributed by atoms with van der Waals surface area (Å²) in [6.07, 6.45) is 7.86.